The number of urea groups is 1. The molecule has 0 fully saturated rings. The van der Waals surface area contributed by atoms with E-state index < -0.39 is 0 Å². The molecule has 2 aromatic carbocycles. The van der Waals surface area contributed by atoms with Crippen LogP contribution in [-0.2, 0) is 6.54 Å². The van der Waals surface area contributed by atoms with Gasteiger partial charge in [-0.05, 0) is 78.7 Å². The number of amides is 2. The Morgan fingerprint density at radius 2 is 1.89 bits per heavy atom. The van der Waals surface area contributed by atoms with Crippen molar-refractivity contribution in [3.63, 3.8) is 0 Å². The lowest BCUT2D eigenvalue weighted by Crippen LogP contribution is -2.29. The van der Waals surface area contributed by atoms with E-state index in [0.29, 0.717) is 12.4 Å². The first kappa shape index (κ1) is 18.4. The van der Waals surface area contributed by atoms with Crippen molar-refractivity contribution in [2.75, 3.05) is 11.9 Å². The number of hydrogen-bond donors (Lipinski definition) is 2. The lowest BCUT2D eigenvalue weighted by molar-refractivity contribution is 0.251. The zero-order valence-corrected chi connectivity index (χ0v) is 15.6. The molecule has 0 unspecified atom stereocenters. The highest BCUT2D eigenvalue weighted by Crippen LogP contribution is 2.16. The zero-order chi connectivity index (χ0) is 19.2. The van der Waals surface area contributed by atoms with E-state index in [1.165, 1.54) is 5.56 Å². The minimum Gasteiger partial charge on any atom is -0.494 e. The summed E-state index contributed by atoms with van der Waals surface area (Å²) in [7, 11) is 0. The minimum absolute atomic E-state index is 0.191. The number of aryl methyl sites for hydroxylation is 2. The van der Waals surface area contributed by atoms with Crippen molar-refractivity contribution < 1.29 is 9.53 Å². The quantitative estimate of drug-likeness (QED) is 0.699. The highest BCUT2D eigenvalue weighted by atomic mass is 16.5. The number of ether oxygens (including phenoxy) is 1. The standard InChI is InChI=1S/C19H22N6O2/c1-4-27-17-9-7-16(8-10-17)25-18(22-23-24-25)12-20-19(26)21-15-6-5-13(2)14(3)11-15/h5-11H,4,12H2,1-3H3,(H2,20,21,26). The lowest BCUT2D eigenvalue weighted by atomic mass is 10.1. The van der Waals surface area contributed by atoms with Gasteiger partial charge >= 0.3 is 6.03 Å². The average Bonchev–Trinajstić information content (AvgIpc) is 3.13. The molecule has 0 bridgehead atoms. The number of anilines is 1. The Hall–Kier alpha value is -3.42. The number of carbonyl (C=O) groups excluding carboxylic acids is 1. The van der Waals surface area contributed by atoms with Gasteiger partial charge in [-0.2, -0.15) is 4.68 Å². The fourth-order valence-corrected chi connectivity index (χ4v) is 2.52. The molecule has 0 aliphatic carbocycles. The molecule has 0 saturated carbocycles. The number of benzene rings is 2. The second-order valence-electron chi connectivity index (χ2n) is 6.04. The maximum absolute atomic E-state index is 12.2. The Morgan fingerprint density at radius 1 is 1.11 bits per heavy atom. The molecule has 1 heterocycles. The van der Waals surface area contributed by atoms with Gasteiger partial charge in [-0.1, -0.05) is 6.07 Å². The van der Waals surface area contributed by atoms with Gasteiger partial charge in [0.1, 0.15) is 5.75 Å². The van der Waals surface area contributed by atoms with Crippen LogP contribution in [0.25, 0.3) is 5.69 Å². The van der Waals surface area contributed by atoms with E-state index in [1.54, 1.807) is 4.68 Å². The molecular formula is C19H22N6O2. The van der Waals surface area contributed by atoms with Gasteiger partial charge in [0, 0.05) is 5.69 Å². The van der Waals surface area contributed by atoms with Crippen molar-refractivity contribution in [1.82, 2.24) is 25.5 Å². The van der Waals surface area contributed by atoms with Gasteiger partial charge in [-0.15, -0.1) is 5.10 Å². The van der Waals surface area contributed by atoms with E-state index >= 15 is 0 Å². The Bertz CT molecular complexity index is 920. The molecular weight excluding hydrogens is 344 g/mol. The molecule has 140 valence electrons. The normalized spacial score (nSPS) is 10.5. The molecule has 0 radical (unpaired) electrons. The third kappa shape index (κ3) is 4.60. The Balaban J connectivity index is 1.62. The molecule has 1 aromatic heterocycles. The van der Waals surface area contributed by atoms with E-state index in [0.717, 1.165) is 22.7 Å². The van der Waals surface area contributed by atoms with E-state index in [-0.39, 0.29) is 12.6 Å². The molecule has 0 spiro atoms. The molecule has 0 aliphatic heterocycles. The summed E-state index contributed by atoms with van der Waals surface area (Å²) >= 11 is 0. The second-order valence-corrected chi connectivity index (χ2v) is 6.04. The molecule has 3 rings (SSSR count). The first-order valence-electron chi connectivity index (χ1n) is 8.69. The van der Waals surface area contributed by atoms with Crippen molar-refractivity contribution in [3.8, 4) is 11.4 Å². The Labute approximate surface area is 157 Å². The van der Waals surface area contributed by atoms with Crippen LogP contribution in [0, 0.1) is 13.8 Å². The highest BCUT2D eigenvalue weighted by Gasteiger charge is 2.10. The number of tetrazole rings is 1. The van der Waals surface area contributed by atoms with Crippen molar-refractivity contribution in [2.45, 2.75) is 27.3 Å². The monoisotopic (exact) mass is 366 g/mol. The topological polar surface area (TPSA) is 94.0 Å². The minimum atomic E-state index is -0.320. The van der Waals surface area contributed by atoms with Crippen LogP contribution in [-0.4, -0.2) is 32.8 Å². The maximum Gasteiger partial charge on any atom is 0.319 e. The van der Waals surface area contributed by atoms with Crippen LogP contribution in [0.15, 0.2) is 42.5 Å². The van der Waals surface area contributed by atoms with E-state index in [4.69, 9.17) is 4.74 Å². The molecule has 0 aliphatic rings. The van der Waals surface area contributed by atoms with Crippen molar-refractivity contribution in [3.05, 3.63) is 59.4 Å². The Kier molecular flexibility index (Phi) is 5.65. The summed E-state index contributed by atoms with van der Waals surface area (Å²) in [6.45, 7) is 6.76. The smallest absolute Gasteiger partial charge is 0.319 e. The third-order valence-corrected chi connectivity index (χ3v) is 4.10. The van der Waals surface area contributed by atoms with E-state index in [9.17, 15) is 4.79 Å². The highest BCUT2D eigenvalue weighted by molar-refractivity contribution is 5.89. The molecule has 2 amide bonds. The molecule has 2 N–H and O–H groups in total. The summed E-state index contributed by atoms with van der Waals surface area (Å²) in [5.41, 5.74) is 3.82. The summed E-state index contributed by atoms with van der Waals surface area (Å²) in [6, 6.07) is 12.9. The molecule has 0 atom stereocenters. The summed E-state index contributed by atoms with van der Waals surface area (Å²) in [5.74, 6) is 1.30. The Morgan fingerprint density at radius 3 is 2.59 bits per heavy atom. The van der Waals surface area contributed by atoms with Crippen LogP contribution in [0.2, 0.25) is 0 Å². The second kappa shape index (κ2) is 8.31. The zero-order valence-electron chi connectivity index (χ0n) is 15.6. The van der Waals surface area contributed by atoms with Crippen LogP contribution in [0.1, 0.15) is 23.9 Å². The van der Waals surface area contributed by atoms with E-state index in [2.05, 4.69) is 26.2 Å². The fourth-order valence-electron chi connectivity index (χ4n) is 2.52. The molecule has 3 aromatic rings. The predicted molar refractivity (Wildman–Crippen MR) is 102 cm³/mol. The maximum atomic E-state index is 12.2. The summed E-state index contributed by atoms with van der Waals surface area (Å²) < 4.78 is 7.01. The first-order chi connectivity index (χ1) is 13.1. The van der Waals surface area contributed by atoms with Crippen molar-refractivity contribution >= 4 is 11.7 Å². The van der Waals surface area contributed by atoms with Crippen molar-refractivity contribution in [1.29, 1.82) is 0 Å². The average molecular weight is 366 g/mol. The third-order valence-electron chi connectivity index (χ3n) is 4.10. The van der Waals surface area contributed by atoms with Crippen LogP contribution in [0.3, 0.4) is 0 Å². The number of nitrogens with zero attached hydrogens (tertiary/aromatic N) is 4. The SMILES string of the molecule is CCOc1ccc(-n2nnnc2CNC(=O)Nc2ccc(C)c(C)c2)cc1. The predicted octanol–water partition coefficient (Wildman–Crippen LogP) is 3.00. The van der Waals surface area contributed by atoms with Gasteiger partial charge in [-0.25, -0.2) is 4.79 Å². The number of carbonyl (C=O) groups is 1. The largest absolute Gasteiger partial charge is 0.494 e. The van der Waals surface area contributed by atoms with Gasteiger partial charge in [-0.3, -0.25) is 0 Å². The fraction of sp³-hybridized carbons (Fsp3) is 0.263. The summed E-state index contributed by atoms with van der Waals surface area (Å²) in [4.78, 5) is 12.2. The first-order valence-corrected chi connectivity index (χ1v) is 8.69. The summed E-state index contributed by atoms with van der Waals surface area (Å²) in [5, 5.41) is 17.3. The van der Waals surface area contributed by atoms with Gasteiger partial charge in [0.05, 0.1) is 18.8 Å². The van der Waals surface area contributed by atoms with Crippen LogP contribution in [0.4, 0.5) is 10.5 Å². The number of nitrogens with one attached hydrogen (secondary N) is 2. The number of hydrogen-bond acceptors (Lipinski definition) is 5. The molecule has 8 nitrogen and oxygen atoms in total. The van der Waals surface area contributed by atoms with Gasteiger partial charge in [0.15, 0.2) is 5.82 Å². The van der Waals surface area contributed by atoms with Gasteiger partial charge in [0.2, 0.25) is 0 Å². The molecule has 27 heavy (non-hydrogen) atoms. The number of aromatic nitrogens is 4. The van der Waals surface area contributed by atoms with Gasteiger partial charge < -0.3 is 15.4 Å². The van der Waals surface area contributed by atoms with E-state index in [1.807, 2.05) is 63.2 Å². The molecule has 8 heteroatoms. The number of rotatable bonds is 6. The van der Waals surface area contributed by atoms with Gasteiger partial charge in [0.25, 0.3) is 0 Å². The lowest BCUT2D eigenvalue weighted by Gasteiger charge is -2.10. The van der Waals surface area contributed by atoms with Crippen LogP contribution < -0.4 is 15.4 Å². The van der Waals surface area contributed by atoms with Crippen LogP contribution in [0.5, 0.6) is 5.75 Å². The van der Waals surface area contributed by atoms with Crippen molar-refractivity contribution in [2.24, 2.45) is 0 Å². The molecule has 0 saturated heterocycles. The van der Waals surface area contributed by atoms with Crippen LogP contribution >= 0.6 is 0 Å². The summed E-state index contributed by atoms with van der Waals surface area (Å²) in [6.07, 6.45) is 0.